The summed E-state index contributed by atoms with van der Waals surface area (Å²) in [7, 11) is 1.69. The smallest absolute Gasteiger partial charge is 0.163 e. The molecule has 1 heterocycles. The Morgan fingerprint density at radius 3 is 2.47 bits per heavy atom. The van der Waals surface area contributed by atoms with E-state index in [1.165, 1.54) is 22.2 Å². The van der Waals surface area contributed by atoms with Crippen LogP contribution in [0.5, 0.6) is 5.75 Å². The summed E-state index contributed by atoms with van der Waals surface area (Å²) in [6.45, 7) is 2.77. The highest BCUT2D eigenvalue weighted by molar-refractivity contribution is 8.21. The Balaban J connectivity index is 1.66. The number of benzene rings is 2. The van der Waals surface area contributed by atoms with Gasteiger partial charge in [-0.15, -0.1) is 23.5 Å². The highest BCUT2D eigenvalue weighted by atomic mass is 32.2. The lowest BCUT2D eigenvalue weighted by Crippen LogP contribution is -2.08. The zero-order valence-corrected chi connectivity index (χ0v) is 19.5. The molecule has 30 heavy (non-hydrogen) atoms. The van der Waals surface area contributed by atoms with Crippen molar-refractivity contribution in [1.82, 2.24) is 4.57 Å². The third-order valence-electron chi connectivity index (χ3n) is 5.90. The lowest BCUT2D eigenvalue weighted by atomic mass is 10.1. The van der Waals surface area contributed by atoms with Crippen LogP contribution in [0.1, 0.15) is 30.5 Å². The summed E-state index contributed by atoms with van der Waals surface area (Å²) in [6, 6.07) is 19.0. The number of thioether (sulfide) groups is 2. The molecule has 0 saturated heterocycles. The van der Waals surface area contributed by atoms with Gasteiger partial charge in [-0.05, 0) is 61.1 Å². The van der Waals surface area contributed by atoms with Crippen LogP contribution in [0.15, 0.2) is 64.4 Å². The summed E-state index contributed by atoms with van der Waals surface area (Å²) < 4.78 is 8.81. The first kappa shape index (κ1) is 21.1. The molecule has 1 fully saturated rings. The average Bonchev–Trinajstić information content (AvgIpc) is 3.50. The van der Waals surface area contributed by atoms with Gasteiger partial charge >= 0.3 is 0 Å². The van der Waals surface area contributed by atoms with Crippen LogP contribution < -0.4 is 4.74 Å². The monoisotopic (exact) mass is 437 g/mol. The predicted octanol–water partition coefficient (Wildman–Crippen LogP) is 6.33. The molecule has 3 aromatic rings. The second-order valence-corrected chi connectivity index (χ2v) is 9.59. The summed E-state index contributed by atoms with van der Waals surface area (Å²) in [5.74, 6) is 1.56. The Hall–Kier alpha value is -2.11. The number of aromatic nitrogens is 1. The number of methoxy groups -OCH3 is 1. The molecule has 0 bridgehead atoms. The summed E-state index contributed by atoms with van der Waals surface area (Å²) >= 11 is 3.33. The number of carbonyl (C=O) groups excluding carboxylic acids is 1. The van der Waals surface area contributed by atoms with Crippen molar-refractivity contribution in [2.24, 2.45) is 5.92 Å². The van der Waals surface area contributed by atoms with Crippen molar-refractivity contribution in [3.8, 4) is 5.75 Å². The summed E-state index contributed by atoms with van der Waals surface area (Å²) in [4.78, 5) is 13.1. The Morgan fingerprint density at radius 2 is 1.80 bits per heavy atom. The number of rotatable bonds is 8. The van der Waals surface area contributed by atoms with Gasteiger partial charge in [-0.1, -0.05) is 30.3 Å². The lowest BCUT2D eigenvalue weighted by molar-refractivity contribution is -0.116. The molecule has 1 aliphatic carbocycles. The zero-order chi connectivity index (χ0) is 21.3. The zero-order valence-electron chi connectivity index (χ0n) is 17.8. The average molecular weight is 438 g/mol. The van der Waals surface area contributed by atoms with Gasteiger partial charge in [0.1, 0.15) is 5.75 Å². The van der Waals surface area contributed by atoms with Crippen LogP contribution >= 0.6 is 23.5 Å². The van der Waals surface area contributed by atoms with Crippen molar-refractivity contribution >= 4 is 40.2 Å². The lowest BCUT2D eigenvalue weighted by Gasteiger charge is -2.12. The van der Waals surface area contributed by atoms with Crippen molar-refractivity contribution in [2.75, 3.05) is 19.6 Å². The number of fused-ring (bicyclic) bond motifs is 1. The molecular formula is C25H27NO2S2. The molecule has 0 aliphatic heterocycles. The molecule has 0 N–H and O–H groups in total. The van der Waals surface area contributed by atoms with E-state index in [4.69, 9.17) is 4.74 Å². The normalized spacial score (nSPS) is 17.7. The fraction of sp³-hybridized carbons (Fsp3) is 0.320. The Labute approximate surface area is 186 Å². The van der Waals surface area contributed by atoms with E-state index in [2.05, 4.69) is 47.0 Å². The number of para-hydroxylation sites is 1. The second kappa shape index (κ2) is 8.94. The van der Waals surface area contributed by atoms with Gasteiger partial charge in [0.05, 0.1) is 7.11 Å². The predicted molar refractivity (Wildman–Crippen MR) is 130 cm³/mol. The standard InChI is InChI=1S/C25H27NO2S2/c1-16(25(29-3)30-4)24(27)21-14-20(21)23-13-18-7-5-6-8-22(18)26(23)15-17-9-11-19(28-2)12-10-17/h5-13,20-21H,14-15H2,1-4H3. The molecule has 156 valence electrons. The number of carbonyl (C=O) groups is 1. The van der Waals surface area contributed by atoms with Gasteiger partial charge in [-0.25, -0.2) is 0 Å². The molecule has 0 radical (unpaired) electrons. The summed E-state index contributed by atoms with van der Waals surface area (Å²) in [6.07, 6.45) is 5.02. The molecule has 1 aromatic heterocycles. The minimum atomic E-state index is 0.0956. The minimum Gasteiger partial charge on any atom is -0.497 e. The third-order valence-corrected chi connectivity index (χ3v) is 8.25. The molecule has 2 atom stereocenters. The van der Waals surface area contributed by atoms with Crippen LogP contribution in [0.25, 0.3) is 10.9 Å². The van der Waals surface area contributed by atoms with Crippen LogP contribution in [0, 0.1) is 5.92 Å². The number of ketones is 1. The quantitative estimate of drug-likeness (QED) is 0.385. The van der Waals surface area contributed by atoms with E-state index in [-0.39, 0.29) is 5.92 Å². The largest absolute Gasteiger partial charge is 0.497 e. The van der Waals surface area contributed by atoms with Crippen LogP contribution in [-0.4, -0.2) is 30.0 Å². The summed E-state index contributed by atoms with van der Waals surface area (Å²) in [5, 5.41) is 1.24. The highest BCUT2D eigenvalue weighted by Crippen LogP contribution is 2.51. The van der Waals surface area contributed by atoms with Gasteiger partial charge in [0.15, 0.2) is 5.78 Å². The SMILES string of the molecule is COc1ccc(Cn2c(C3CC3C(=O)C(C)=C(SC)SC)cc3ccccc32)cc1. The summed E-state index contributed by atoms with van der Waals surface area (Å²) in [5.41, 5.74) is 4.64. The van der Waals surface area contributed by atoms with Crippen molar-refractivity contribution in [1.29, 1.82) is 0 Å². The maximum atomic E-state index is 13.1. The number of ether oxygens (including phenoxy) is 1. The van der Waals surface area contributed by atoms with E-state index in [0.29, 0.717) is 11.7 Å². The number of hydrogen-bond acceptors (Lipinski definition) is 4. The van der Waals surface area contributed by atoms with Crippen LogP contribution in [-0.2, 0) is 11.3 Å². The number of Topliss-reactive ketones (excluding diaryl/α,β-unsaturated/α-hetero) is 1. The Kier molecular flexibility index (Phi) is 6.30. The second-order valence-electron chi connectivity index (χ2n) is 7.70. The van der Waals surface area contributed by atoms with Gasteiger partial charge in [-0.3, -0.25) is 4.79 Å². The van der Waals surface area contributed by atoms with Crippen LogP contribution in [0.2, 0.25) is 0 Å². The van der Waals surface area contributed by atoms with Gasteiger partial charge in [0, 0.05) is 39.4 Å². The van der Waals surface area contributed by atoms with Crippen molar-refractivity contribution < 1.29 is 9.53 Å². The maximum Gasteiger partial charge on any atom is 0.163 e. The first-order valence-corrected chi connectivity index (χ1v) is 12.6. The van der Waals surface area contributed by atoms with Crippen molar-refractivity contribution in [3.05, 3.63) is 75.7 Å². The van der Waals surface area contributed by atoms with Crippen LogP contribution in [0.3, 0.4) is 0 Å². The first-order valence-electron chi connectivity index (χ1n) is 10.1. The highest BCUT2D eigenvalue weighted by Gasteiger charge is 2.46. The van der Waals surface area contributed by atoms with E-state index < -0.39 is 0 Å². The van der Waals surface area contributed by atoms with Gasteiger partial charge < -0.3 is 9.30 Å². The fourth-order valence-corrected chi connectivity index (χ4v) is 5.69. The molecule has 4 rings (SSSR count). The maximum absolute atomic E-state index is 13.1. The molecule has 2 unspecified atom stereocenters. The topological polar surface area (TPSA) is 31.2 Å². The molecule has 1 saturated carbocycles. The molecule has 3 nitrogen and oxygen atoms in total. The Morgan fingerprint density at radius 1 is 1.10 bits per heavy atom. The Bertz CT molecular complexity index is 1090. The molecule has 0 amide bonds. The van der Waals surface area contributed by atoms with Crippen LogP contribution in [0.4, 0.5) is 0 Å². The minimum absolute atomic E-state index is 0.0956. The number of nitrogens with zero attached hydrogens (tertiary/aromatic N) is 1. The van der Waals surface area contributed by atoms with Gasteiger partial charge in [0.2, 0.25) is 0 Å². The van der Waals surface area contributed by atoms with E-state index >= 15 is 0 Å². The third kappa shape index (κ3) is 4.06. The molecule has 2 aromatic carbocycles. The number of allylic oxidation sites excluding steroid dienone is 1. The molecule has 1 aliphatic rings. The van der Waals surface area contributed by atoms with E-state index in [0.717, 1.165) is 28.5 Å². The molecule has 5 heteroatoms. The molecule has 0 spiro atoms. The number of hydrogen-bond donors (Lipinski definition) is 0. The fourth-order valence-electron chi connectivity index (χ4n) is 4.21. The van der Waals surface area contributed by atoms with E-state index in [9.17, 15) is 4.79 Å². The molecular weight excluding hydrogens is 410 g/mol. The van der Waals surface area contributed by atoms with Crippen molar-refractivity contribution in [2.45, 2.75) is 25.8 Å². The van der Waals surface area contributed by atoms with Gasteiger partial charge in [0.25, 0.3) is 0 Å². The van der Waals surface area contributed by atoms with E-state index in [1.54, 1.807) is 30.6 Å². The van der Waals surface area contributed by atoms with Gasteiger partial charge in [-0.2, -0.15) is 0 Å². The first-order chi connectivity index (χ1) is 14.6. The van der Waals surface area contributed by atoms with E-state index in [1.807, 2.05) is 31.6 Å². The van der Waals surface area contributed by atoms with Crippen molar-refractivity contribution in [3.63, 3.8) is 0 Å².